The molecule has 0 N–H and O–H groups in total. The molecule has 0 fully saturated rings. The molecule has 0 spiro atoms. The molecule has 8 aromatic rings. The topological polar surface area (TPSA) is 85.7 Å². The van der Waals surface area contributed by atoms with Gasteiger partial charge in [0.15, 0.2) is 0 Å². The van der Waals surface area contributed by atoms with Gasteiger partial charge in [-0.25, -0.2) is 0 Å². The number of fused-ring (bicyclic) bond motifs is 2. The Hall–Kier alpha value is -7.20. The van der Waals surface area contributed by atoms with E-state index < -0.39 is 0 Å². The molecular formula is C65H72N6O3. The lowest BCUT2D eigenvalue weighted by molar-refractivity contribution is 0.254. The molecule has 0 radical (unpaired) electrons. The zero-order valence-electron chi connectivity index (χ0n) is 44.6. The number of ether oxygens (including phenoxy) is 3. The second-order valence-electron chi connectivity index (χ2n) is 22.3. The van der Waals surface area contributed by atoms with Gasteiger partial charge in [0.2, 0.25) is 0 Å². The molecule has 0 atom stereocenters. The number of nitrogens with zero attached hydrogens (tertiary/aromatic N) is 6. The molecule has 1 aliphatic rings. The van der Waals surface area contributed by atoms with Crippen LogP contribution in [0.15, 0.2) is 170 Å². The molecule has 380 valence electrons. The second kappa shape index (κ2) is 22.9. The first-order valence-corrected chi connectivity index (χ1v) is 26.2. The zero-order chi connectivity index (χ0) is 51.7. The maximum atomic E-state index is 7.22. The van der Waals surface area contributed by atoms with E-state index in [0.29, 0.717) is 13.2 Å². The Kier molecular flexibility index (Phi) is 16.0. The standard InChI is InChI=1S/C65H72N6O3/c1-63(2,3)51-37-49(45-72-57-25-21-47(22-26-57)29-35-70(41-53-17-9-13-31-66-53)42-54-18-10-14-32-67-54)61-59(39-51)65(7,8)60-40-52(64(4,5)6)38-50(62(60)74-61)46-73-58-27-23-48(24-28-58)30-36-71(43-55-19-11-15-33-68-55)44-56-20-12-16-34-69-56/h9-28,31-34,37-40H,29-30,35-36,41-46H2,1-8H3. The maximum absolute atomic E-state index is 7.22. The van der Waals surface area contributed by atoms with Crippen molar-refractivity contribution >= 4 is 0 Å². The Balaban J connectivity index is 0.909. The summed E-state index contributed by atoms with van der Waals surface area (Å²) >= 11 is 0. The molecule has 1 aliphatic heterocycles. The number of hydrogen-bond acceptors (Lipinski definition) is 9. The van der Waals surface area contributed by atoms with Gasteiger partial charge in [-0.05, 0) is 131 Å². The van der Waals surface area contributed by atoms with Crippen LogP contribution in [0.25, 0.3) is 0 Å². The van der Waals surface area contributed by atoms with Gasteiger partial charge in [0, 0.05) is 91.7 Å². The van der Waals surface area contributed by atoms with Gasteiger partial charge >= 0.3 is 0 Å². The SMILES string of the molecule is CC(C)(C)c1cc(COc2ccc(CCN(Cc3ccccn3)Cc3ccccn3)cc2)c2c(c1)C(C)(C)c1cc(C(C)(C)C)cc(COc3ccc(CCN(Cc4ccccn4)Cc4ccccn4)cc3)c1O2. The molecule has 4 aromatic carbocycles. The predicted octanol–water partition coefficient (Wildman–Crippen LogP) is 13.9. The van der Waals surface area contributed by atoms with Crippen molar-refractivity contribution in [2.45, 2.75) is 124 Å². The van der Waals surface area contributed by atoms with Crippen LogP contribution in [0.4, 0.5) is 0 Å². The molecule has 0 aliphatic carbocycles. The molecule has 4 aromatic heterocycles. The van der Waals surface area contributed by atoms with E-state index in [-0.39, 0.29) is 16.2 Å². The van der Waals surface area contributed by atoms with Crippen LogP contribution in [0.2, 0.25) is 0 Å². The van der Waals surface area contributed by atoms with E-state index >= 15 is 0 Å². The van der Waals surface area contributed by atoms with Crippen molar-refractivity contribution in [1.82, 2.24) is 29.7 Å². The van der Waals surface area contributed by atoms with Gasteiger partial charge < -0.3 is 14.2 Å². The fourth-order valence-corrected chi connectivity index (χ4v) is 9.59. The van der Waals surface area contributed by atoms with Crippen LogP contribution in [-0.4, -0.2) is 42.8 Å². The average molecular weight is 985 g/mol. The van der Waals surface area contributed by atoms with Crippen LogP contribution in [-0.2, 0) is 68.5 Å². The highest BCUT2D eigenvalue weighted by Crippen LogP contribution is 2.53. The van der Waals surface area contributed by atoms with Gasteiger partial charge in [-0.1, -0.05) is 116 Å². The summed E-state index contributed by atoms with van der Waals surface area (Å²) in [5.74, 6) is 3.36. The fourth-order valence-electron chi connectivity index (χ4n) is 9.59. The Morgan fingerprint density at radius 3 is 1.08 bits per heavy atom. The van der Waals surface area contributed by atoms with Gasteiger partial charge in [-0.15, -0.1) is 0 Å². The molecule has 0 saturated carbocycles. The minimum Gasteiger partial charge on any atom is -0.489 e. The van der Waals surface area contributed by atoms with E-state index in [1.54, 1.807) is 0 Å². The number of benzene rings is 4. The molecule has 9 heteroatoms. The van der Waals surface area contributed by atoms with Gasteiger partial charge in [-0.3, -0.25) is 29.7 Å². The average Bonchev–Trinajstić information content (AvgIpc) is 3.41. The first kappa shape index (κ1) is 51.7. The highest BCUT2D eigenvalue weighted by atomic mass is 16.5. The minimum absolute atomic E-state index is 0.0940. The zero-order valence-corrected chi connectivity index (χ0v) is 44.6. The van der Waals surface area contributed by atoms with Crippen LogP contribution >= 0.6 is 0 Å². The van der Waals surface area contributed by atoms with Crippen molar-refractivity contribution in [2.75, 3.05) is 13.1 Å². The molecule has 9 nitrogen and oxygen atoms in total. The van der Waals surface area contributed by atoms with Gasteiger partial charge in [0.05, 0.1) is 22.8 Å². The first-order valence-electron chi connectivity index (χ1n) is 26.2. The lowest BCUT2D eigenvalue weighted by Gasteiger charge is -2.39. The van der Waals surface area contributed by atoms with Crippen LogP contribution in [0.3, 0.4) is 0 Å². The van der Waals surface area contributed by atoms with E-state index in [1.807, 2.05) is 73.3 Å². The van der Waals surface area contributed by atoms with Crippen molar-refractivity contribution in [3.8, 4) is 23.0 Å². The first-order chi connectivity index (χ1) is 35.6. The van der Waals surface area contributed by atoms with Crippen LogP contribution in [0.1, 0.15) is 123 Å². The van der Waals surface area contributed by atoms with Crippen molar-refractivity contribution in [1.29, 1.82) is 0 Å². The maximum Gasteiger partial charge on any atom is 0.138 e. The molecule has 5 heterocycles. The summed E-state index contributed by atoms with van der Waals surface area (Å²) in [6.07, 6.45) is 9.21. The molecule has 0 bridgehead atoms. The van der Waals surface area contributed by atoms with Crippen LogP contribution in [0.5, 0.6) is 23.0 Å². The van der Waals surface area contributed by atoms with Crippen molar-refractivity contribution in [3.63, 3.8) is 0 Å². The molecule has 0 saturated heterocycles. The Morgan fingerprint density at radius 1 is 0.446 bits per heavy atom. The van der Waals surface area contributed by atoms with Crippen molar-refractivity contribution in [3.05, 3.63) is 238 Å². The van der Waals surface area contributed by atoms with Crippen molar-refractivity contribution in [2.24, 2.45) is 0 Å². The van der Waals surface area contributed by atoms with Gasteiger partial charge in [0.1, 0.15) is 36.2 Å². The summed E-state index contributed by atoms with van der Waals surface area (Å²) in [6.45, 7) is 23.8. The highest BCUT2D eigenvalue weighted by molar-refractivity contribution is 5.64. The van der Waals surface area contributed by atoms with Gasteiger partial charge in [0.25, 0.3) is 0 Å². The number of rotatable bonds is 20. The summed E-state index contributed by atoms with van der Waals surface area (Å²) in [4.78, 5) is 23.2. The highest BCUT2D eigenvalue weighted by Gasteiger charge is 2.39. The van der Waals surface area contributed by atoms with Crippen LogP contribution in [0, 0.1) is 0 Å². The molecule has 74 heavy (non-hydrogen) atoms. The molecule has 9 rings (SSSR count). The number of aromatic nitrogens is 4. The Labute approximate surface area is 439 Å². The third kappa shape index (κ3) is 13.3. The smallest absolute Gasteiger partial charge is 0.138 e. The van der Waals surface area contributed by atoms with E-state index in [4.69, 9.17) is 14.2 Å². The molecule has 0 unspecified atom stereocenters. The van der Waals surface area contributed by atoms with E-state index in [0.717, 1.165) is 109 Å². The summed E-state index contributed by atoms with van der Waals surface area (Å²) in [5, 5.41) is 0. The summed E-state index contributed by atoms with van der Waals surface area (Å²) in [6, 6.07) is 50.8. The number of hydrogen-bond donors (Lipinski definition) is 0. The second-order valence-corrected chi connectivity index (χ2v) is 22.3. The quantitative estimate of drug-likeness (QED) is 0.0741. The molecule has 0 amide bonds. The van der Waals surface area contributed by atoms with E-state index in [1.165, 1.54) is 33.4 Å². The van der Waals surface area contributed by atoms with Crippen LogP contribution < -0.4 is 14.2 Å². The Morgan fingerprint density at radius 2 is 0.784 bits per heavy atom. The normalized spacial score (nSPS) is 13.1. The largest absolute Gasteiger partial charge is 0.489 e. The lowest BCUT2D eigenvalue weighted by atomic mass is 9.71. The Bertz CT molecular complexity index is 2770. The summed E-state index contributed by atoms with van der Waals surface area (Å²) in [5.41, 5.74) is 13.0. The predicted molar refractivity (Wildman–Crippen MR) is 297 cm³/mol. The minimum atomic E-state index is -0.375. The summed E-state index contributed by atoms with van der Waals surface area (Å²) in [7, 11) is 0. The fraction of sp³-hybridized carbons (Fsp3) is 0.323. The third-order valence-corrected chi connectivity index (χ3v) is 14.1. The molecular weight excluding hydrogens is 913 g/mol. The summed E-state index contributed by atoms with van der Waals surface area (Å²) < 4.78 is 20.6. The van der Waals surface area contributed by atoms with Gasteiger partial charge in [-0.2, -0.15) is 0 Å². The van der Waals surface area contributed by atoms with E-state index in [9.17, 15) is 0 Å². The monoisotopic (exact) mass is 985 g/mol. The van der Waals surface area contributed by atoms with E-state index in [2.05, 4.69) is 182 Å². The number of pyridine rings is 4. The lowest BCUT2D eigenvalue weighted by Crippen LogP contribution is -2.28. The van der Waals surface area contributed by atoms with Crippen molar-refractivity contribution < 1.29 is 14.2 Å². The third-order valence-electron chi connectivity index (χ3n) is 14.1.